The number of sulfonamides is 1. The largest absolute Gasteiger partial charge is 0.455 e. The van der Waals surface area contributed by atoms with Crippen molar-refractivity contribution in [2.24, 2.45) is 0 Å². The molecule has 0 fully saturated rings. The first kappa shape index (κ1) is 25.4. The molecule has 0 spiro atoms. The van der Waals surface area contributed by atoms with Crippen LogP contribution in [0.2, 0.25) is 5.02 Å². The van der Waals surface area contributed by atoms with Crippen LogP contribution in [0.3, 0.4) is 0 Å². The van der Waals surface area contributed by atoms with Crippen molar-refractivity contribution in [3.8, 4) is 11.5 Å². The summed E-state index contributed by atoms with van der Waals surface area (Å²) in [5, 5.41) is 3.22. The molecule has 0 aliphatic carbocycles. The average Bonchev–Trinajstić information content (AvgIpc) is 2.87. The highest BCUT2D eigenvalue weighted by atomic mass is 35.5. The van der Waals surface area contributed by atoms with E-state index in [9.17, 15) is 13.2 Å². The number of benzene rings is 4. The van der Waals surface area contributed by atoms with E-state index >= 15 is 0 Å². The number of carbonyl (C=O) groups is 1. The lowest BCUT2D eigenvalue weighted by atomic mass is 10.1. The fraction of sp³-hybridized carbons (Fsp3) is 0.107. The van der Waals surface area contributed by atoms with Gasteiger partial charge in [-0.2, -0.15) is 4.31 Å². The first-order valence-corrected chi connectivity index (χ1v) is 13.1. The summed E-state index contributed by atoms with van der Waals surface area (Å²) in [4.78, 5) is 13.2. The van der Waals surface area contributed by atoms with Gasteiger partial charge in [-0.15, -0.1) is 0 Å². The zero-order valence-electron chi connectivity index (χ0n) is 19.6. The van der Waals surface area contributed by atoms with Crippen LogP contribution in [0.15, 0.2) is 108 Å². The second kappa shape index (κ2) is 11.4. The van der Waals surface area contributed by atoms with Crippen molar-refractivity contribution < 1.29 is 17.9 Å². The van der Waals surface area contributed by atoms with Gasteiger partial charge in [-0.1, -0.05) is 71.8 Å². The number of nitrogens with one attached hydrogen (secondary N) is 1. The average molecular weight is 521 g/mol. The van der Waals surface area contributed by atoms with E-state index in [1.54, 1.807) is 36.4 Å². The Morgan fingerprint density at radius 1 is 0.861 bits per heavy atom. The van der Waals surface area contributed by atoms with Crippen LogP contribution in [0.25, 0.3) is 0 Å². The smallest absolute Gasteiger partial charge is 0.243 e. The van der Waals surface area contributed by atoms with E-state index in [0.29, 0.717) is 22.2 Å². The molecular formula is C28H25ClN2O4S. The highest BCUT2D eigenvalue weighted by molar-refractivity contribution is 7.89. The third kappa shape index (κ3) is 6.51. The van der Waals surface area contributed by atoms with Crippen molar-refractivity contribution in [1.82, 2.24) is 4.31 Å². The standard InChI is InChI=1S/C28H25ClN2O4S/c1-21-11-13-22(14-12-21)19-31(36(33,34)25-17-15-23(29)16-18-25)20-28(32)30-26-9-5-6-10-27(26)35-24-7-3-2-4-8-24/h2-18H,19-20H2,1H3,(H,30,32). The molecule has 0 radical (unpaired) electrons. The molecule has 0 bridgehead atoms. The summed E-state index contributed by atoms with van der Waals surface area (Å²) in [5.41, 5.74) is 2.25. The molecule has 36 heavy (non-hydrogen) atoms. The molecule has 0 saturated heterocycles. The summed E-state index contributed by atoms with van der Waals surface area (Å²) in [6, 6.07) is 29.6. The van der Waals surface area contributed by atoms with Gasteiger partial charge in [-0.25, -0.2) is 8.42 Å². The molecular weight excluding hydrogens is 496 g/mol. The number of hydrogen-bond donors (Lipinski definition) is 1. The van der Waals surface area contributed by atoms with Crippen LogP contribution in [0.4, 0.5) is 5.69 Å². The monoisotopic (exact) mass is 520 g/mol. The highest BCUT2D eigenvalue weighted by Crippen LogP contribution is 2.29. The predicted molar refractivity (Wildman–Crippen MR) is 142 cm³/mol. The van der Waals surface area contributed by atoms with Crippen LogP contribution in [0.5, 0.6) is 11.5 Å². The number of carbonyl (C=O) groups excluding carboxylic acids is 1. The van der Waals surface area contributed by atoms with E-state index in [1.807, 2.05) is 49.4 Å². The molecule has 0 unspecified atom stereocenters. The van der Waals surface area contributed by atoms with Crippen LogP contribution >= 0.6 is 11.6 Å². The van der Waals surface area contributed by atoms with E-state index in [-0.39, 0.29) is 11.4 Å². The second-order valence-corrected chi connectivity index (χ2v) is 10.5. The Balaban J connectivity index is 1.57. The first-order chi connectivity index (χ1) is 17.3. The maximum atomic E-state index is 13.5. The number of nitrogens with zero attached hydrogens (tertiary/aromatic N) is 1. The second-order valence-electron chi connectivity index (χ2n) is 8.17. The molecule has 184 valence electrons. The Hall–Kier alpha value is -3.65. The first-order valence-electron chi connectivity index (χ1n) is 11.2. The van der Waals surface area contributed by atoms with Crippen molar-refractivity contribution >= 4 is 33.2 Å². The number of aryl methyl sites for hydroxylation is 1. The molecule has 8 heteroatoms. The summed E-state index contributed by atoms with van der Waals surface area (Å²) in [7, 11) is -3.99. The van der Waals surface area contributed by atoms with Gasteiger partial charge >= 0.3 is 0 Å². The third-order valence-corrected chi connectivity index (χ3v) is 7.44. The van der Waals surface area contributed by atoms with Crippen molar-refractivity contribution in [3.63, 3.8) is 0 Å². The van der Waals surface area contributed by atoms with E-state index < -0.39 is 22.5 Å². The molecule has 6 nitrogen and oxygen atoms in total. The summed E-state index contributed by atoms with van der Waals surface area (Å²) in [6.07, 6.45) is 0. The normalized spacial score (nSPS) is 11.3. The molecule has 0 saturated carbocycles. The Morgan fingerprint density at radius 2 is 1.50 bits per heavy atom. The Labute approximate surface area is 216 Å². The number of para-hydroxylation sites is 3. The Kier molecular flexibility index (Phi) is 8.05. The van der Waals surface area contributed by atoms with Crippen LogP contribution in [0.1, 0.15) is 11.1 Å². The summed E-state index contributed by atoms with van der Waals surface area (Å²) in [5.74, 6) is 0.567. The quantitative estimate of drug-likeness (QED) is 0.282. The maximum absolute atomic E-state index is 13.5. The molecule has 4 aromatic rings. The van der Waals surface area contributed by atoms with Gasteiger partial charge in [0.05, 0.1) is 17.1 Å². The number of ether oxygens (including phenoxy) is 1. The number of rotatable bonds is 9. The van der Waals surface area contributed by atoms with Gasteiger partial charge in [0, 0.05) is 11.6 Å². The molecule has 1 N–H and O–H groups in total. The Bertz CT molecular complexity index is 1420. The van der Waals surface area contributed by atoms with Crippen molar-refractivity contribution in [2.45, 2.75) is 18.4 Å². The van der Waals surface area contributed by atoms with Gasteiger partial charge in [0.1, 0.15) is 5.75 Å². The van der Waals surface area contributed by atoms with Crippen molar-refractivity contribution in [1.29, 1.82) is 0 Å². The molecule has 0 aliphatic rings. The highest BCUT2D eigenvalue weighted by Gasteiger charge is 2.27. The number of anilines is 1. The van der Waals surface area contributed by atoms with Gasteiger partial charge in [0.25, 0.3) is 0 Å². The van der Waals surface area contributed by atoms with E-state index in [2.05, 4.69) is 5.32 Å². The third-order valence-electron chi connectivity index (χ3n) is 5.38. The van der Waals surface area contributed by atoms with Gasteiger partial charge in [0.2, 0.25) is 15.9 Å². The Morgan fingerprint density at radius 3 is 2.19 bits per heavy atom. The van der Waals surface area contributed by atoms with Gasteiger partial charge in [0.15, 0.2) is 5.75 Å². The molecule has 4 rings (SSSR count). The zero-order valence-corrected chi connectivity index (χ0v) is 21.2. The van der Waals surface area contributed by atoms with E-state index in [0.717, 1.165) is 15.4 Å². The summed E-state index contributed by atoms with van der Waals surface area (Å²) < 4.78 is 34.0. The topological polar surface area (TPSA) is 75.7 Å². The molecule has 4 aromatic carbocycles. The van der Waals surface area contributed by atoms with Crippen molar-refractivity contribution in [3.05, 3.63) is 119 Å². The zero-order chi connectivity index (χ0) is 25.5. The minimum Gasteiger partial charge on any atom is -0.455 e. The van der Waals surface area contributed by atoms with Gasteiger partial charge < -0.3 is 10.1 Å². The SMILES string of the molecule is Cc1ccc(CN(CC(=O)Nc2ccccc2Oc2ccccc2)S(=O)(=O)c2ccc(Cl)cc2)cc1. The lowest BCUT2D eigenvalue weighted by Crippen LogP contribution is -2.37. The molecule has 0 aliphatic heterocycles. The van der Waals surface area contributed by atoms with Crippen molar-refractivity contribution in [2.75, 3.05) is 11.9 Å². The van der Waals surface area contributed by atoms with Crippen LogP contribution in [-0.2, 0) is 21.4 Å². The molecule has 0 aromatic heterocycles. The van der Waals surface area contributed by atoms with Gasteiger partial charge in [-0.3, -0.25) is 4.79 Å². The number of halogens is 1. The maximum Gasteiger partial charge on any atom is 0.243 e. The van der Waals surface area contributed by atoms with Crippen LogP contribution in [-0.4, -0.2) is 25.2 Å². The fourth-order valence-corrected chi connectivity index (χ4v) is 5.01. The minimum atomic E-state index is -3.99. The van der Waals surface area contributed by atoms with Crippen LogP contribution < -0.4 is 10.1 Å². The van der Waals surface area contributed by atoms with E-state index in [1.165, 1.54) is 24.3 Å². The number of amides is 1. The van der Waals surface area contributed by atoms with E-state index in [4.69, 9.17) is 16.3 Å². The van der Waals surface area contributed by atoms with Gasteiger partial charge in [-0.05, 0) is 61.0 Å². The molecule has 0 atom stereocenters. The lowest BCUT2D eigenvalue weighted by Gasteiger charge is -2.22. The lowest BCUT2D eigenvalue weighted by molar-refractivity contribution is -0.116. The molecule has 0 heterocycles. The molecule has 1 amide bonds. The predicted octanol–water partition coefficient (Wildman–Crippen LogP) is 6.27. The fourth-order valence-electron chi connectivity index (χ4n) is 3.50. The summed E-state index contributed by atoms with van der Waals surface area (Å²) in [6.45, 7) is 1.59. The summed E-state index contributed by atoms with van der Waals surface area (Å²) >= 11 is 5.95. The van der Waals surface area contributed by atoms with Crippen LogP contribution in [0, 0.1) is 6.92 Å². The minimum absolute atomic E-state index is 0.0286. The number of hydrogen-bond acceptors (Lipinski definition) is 4.